The van der Waals surface area contributed by atoms with Crippen LogP contribution in [-0.4, -0.2) is 35.8 Å². The summed E-state index contributed by atoms with van der Waals surface area (Å²) >= 11 is 0. The number of aromatic nitrogens is 3. The summed E-state index contributed by atoms with van der Waals surface area (Å²) in [6, 6.07) is 5.59. The van der Waals surface area contributed by atoms with Gasteiger partial charge in [0.2, 0.25) is 0 Å². The lowest BCUT2D eigenvalue weighted by Crippen LogP contribution is -2.09. The molecule has 0 aliphatic heterocycles. The van der Waals surface area contributed by atoms with Crippen LogP contribution in [0.1, 0.15) is 5.69 Å². The zero-order valence-electron chi connectivity index (χ0n) is 10.5. The Hall–Kier alpha value is -2.08. The van der Waals surface area contributed by atoms with Gasteiger partial charge in [-0.05, 0) is 18.7 Å². The van der Waals surface area contributed by atoms with Crippen LogP contribution in [0.25, 0.3) is 5.69 Å². The maximum Gasteiger partial charge on any atom is 0.162 e. The third-order valence-electron chi connectivity index (χ3n) is 2.63. The lowest BCUT2D eigenvalue weighted by molar-refractivity contribution is 0.354. The molecule has 0 bridgehead atoms. The minimum Gasteiger partial charge on any atom is -0.493 e. The maximum atomic E-state index is 5.55. The van der Waals surface area contributed by atoms with E-state index in [2.05, 4.69) is 10.3 Å². The number of hydrogen-bond acceptors (Lipinski definition) is 5. The SMILES string of the molecule is COc1ccc(-n2nncc2CCN)cc1OC. The van der Waals surface area contributed by atoms with Crippen molar-refractivity contribution in [2.75, 3.05) is 20.8 Å². The highest BCUT2D eigenvalue weighted by atomic mass is 16.5. The van der Waals surface area contributed by atoms with E-state index in [9.17, 15) is 0 Å². The smallest absolute Gasteiger partial charge is 0.162 e. The standard InChI is InChI=1S/C12H16N4O2/c1-17-11-4-3-9(7-12(11)18-2)16-10(5-6-13)8-14-15-16/h3-4,7-8H,5-6,13H2,1-2H3. The van der Waals surface area contributed by atoms with Crippen LogP contribution in [0.3, 0.4) is 0 Å². The fraction of sp³-hybridized carbons (Fsp3) is 0.333. The van der Waals surface area contributed by atoms with Crippen LogP contribution in [0.15, 0.2) is 24.4 Å². The molecule has 2 aromatic rings. The van der Waals surface area contributed by atoms with Crippen LogP contribution in [-0.2, 0) is 6.42 Å². The molecule has 0 atom stereocenters. The van der Waals surface area contributed by atoms with Crippen LogP contribution in [0.5, 0.6) is 11.5 Å². The quantitative estimate of drug-likeness (QED) is 0.846. The molecule has 2 N–H and O–H groups in total. The van der Waals surface area contributed by atoms with Gasteiger partial charge in [-0.25, -0.2) is 4.68 Å². The van der Waals surface area contributed by atoms with Crippen molar-refractivity contribution in [3.8, 4) is 17.2 Å². The van der Waals surface area contributed by atoms with E-state index in [4.69, 9.17) is 15.2 Å². The van der Waals surface area contributed by atoms with Gasteiger partial charge in [0.15, 0.2) is 11.5 Å². The van der Waals surface area contributed by atoms with Crippen LogP contribution >= 0.6 is 0 Å². The second-order valence-corrected chi connectivity index (χ2v) is 3.72. The van der Waals surface area contributed by atoms with E-state index in [1.54, 1.807) is 25.1 Å². The Kier molecular flexibility index (Phi) is 3.78. The van der Waals surface area contributed by atoms with Crippen molar-refractivity contribution >= 4 is 0 Å². The Morgan fingerprint density at radius 2 is 2.00 bits per heavy atom. The number of benzene rings is 1. The van der Waals surface area contributed by atoms with Crippen LogP contribution in [0, 0.1) is 0 Å². The Morgan fingerprint density at radius 1 is 1.22 bits per heavy atom. The Labute approximate surface area is 105 Å². The molecule has 0 fully saturated rings. The van der Waals surface area contributed by atoms with Gasteiger partial charge in [0.05, 0.1) is 31.8 Å². The molecule has 1 aromatic carbocycles. The molecule has 6 heteroatoms. The molecule has 0 amide bonds. The minimum atomic E-state index is 0.556. The largest absolute Gasteiger partial charge is 0.493 e. The molecule has 1 aromatic heterocycles. The predicted octanol–water partition coefficient (Wildman–Crippen LogP) is 0.786. The van der Waals surface area contributed by atoms with E-state index in [1.807, 2.05) is 18.2 Å². The Morgan fingerprint density at radius 3 is 2.67 bits per heavy atom. The third kappa shape index (κ3) is 2.28. The highest BCUT2D eigenvalue weighted by Gasteiger charge is 2.09. The topological polar surface area (TPSA) is 75.2 Å². The van der Waals surface area contributed by atoms with Crippen molar-refractivity contribution < 1.29 is 9.47 Å². The number of rotatable bonds is 5. The van der Waals surface area contributed by atoms with Crippen molar-refractivity contribution in [2.45, 2.75) is 6.42 Å². The average molecular weight is 248 g/mol. The molecule has 0 aliphatic carbocycles. The van der Waals surface area contributed by atoms with E-state index in [1.165, 1.54) is 0 Å². The third-order valence-corrected chi connectivity index (χ3v) is 2.63. The van der Waals surface area contributed by atoms with E-state index in [0.29, 0.717) is 18.0 Å². The molecular weight excluding hydrogens is 232 g/mol. The van der Waals surface area contributed by atoms with Crippen molar-refractivity contribution in [3.63, 3.8) is 0 Å². The van der Waals surface area contributed by atoms with Crippen LogP contribution in [0.4, 0.5) is 0 Å². The van der Waals surface area contributed by atoms with Crippen molar-refractivity contribution in [2.24, 2.45) is 5.73 Å². The first-order chi connectivity index (χ1) is 8.80. The summed E-state index contributed by atoms with van der Waals surface area (Å²) in [5, 5.41) is 7.95. The van der Waals surface area contributed by atoms with Gasteiger partial charge < -0.3 is 15.2 Å². The molecule has 96 valence electrons. The van der Waals surface area contributed by atoms with Crippen molar-refractivity contribution in [1.29, 1.82) is 0 Å². The van der Waals surface area contributed by atoms with Gasteiger partial charge in [-0.2, -0.15) is 0 Å². The summed E-state index contributed by atoms with van der Waals surface area (Å²) in [5.74, 6) is 1.34. The first-order valence-electron chi connectivity index (χ1n) is 5.62. The number of ether oxygens (including phenoxy) is 2. The molecule has 0 saturated heterocycles. The zero-order chi connectivity index (χ0) is 13.0. The summed E-state index contributed by atoms with van der Waals surface area (Å²) in [7, 11) is 3.20. The molecule has 0 radical (unpaired) electrons. The van der Waals surface area contributed by atoms with Crippen LogP contribution < -0.4 is 15.2 Å². The first-order valence-corrected chi connectivity index (χ1v) is 5.62. The number of hydrogen-bond donors (Lipinski definition) is 1. The highest BCUT2D eigenvalue weighted by Crippen LogP contribution is 2.29. The van der Waals surface area contributed by atoms with Gasteiger partial charge in [0.25, 0.3) is 0 Å². The van der Waals surface area contributed by atoms with Gasteiger partial charge in [-0.3, -0.25) is 0 Å². The zero-order valence-corrected chi connectivity index (χ0v) is 10.5. The Balaban J connectivity index is 2.41. The molecule has 0 spiro atoms. The van der Waals surface area contributed by atoms with Crippen molar-refractivity contribution in [1.82, 2.24) is 15.0 Å². The van der Waals surface area contributed by atoms with E-state index < -0.39 is 0 Å². The van der Waals surface area contributed by atoms with E-state index >= 15 is 0 Å². The molecule has 18 heavy (non-hydrogen) atoms. The normalized spacial score (nSPS) is 10.4. The number of nitrogens with two attached hydrogens (primary N) is 1. The van der Waals surface area contributed by atoms with E-state index in [0.717, 1.165) is 17.8 Å². The molecule has 0 aliphatic rings. The predicted molar refractivity (Wildman–Crippen MR) is 67.2 cm³/mol. The summed E-state index contributed by atoms with van der Waals surface area (Å²) < 4.78 is 12.2. The summed E-state index contributed by atoms with van der Waals surface area (Å²) in [6.07, 6.45) is 2.44. The molecule has 0 unspecified atom stereocenters. The fourth-order valence-electron chi connectivity index (χ4n) is 1.75. The molecule has 2 rings (SSSR count). The Bertz CT molecular complexity index is 525. The molecule has 0 saturated carbocycles. The molecule has 1 heterocycles. The minimum absolute atomic E-state index is 0.556. The fourth-order valence-corrected chi connectivity index (χ4v) is 1.75. The van der Waals surface area contributed by atoms with Gasteiger partial charge >= 0.3 is 0 Å². The average Bonchev–Trinajstić information content (AvgIpc) is 2.86. The first kappa shape index (κ1) is 12.4. The lowest BCUT2D eigenvalue weighted by atomic mass is 10.2. The second-order valence-electron chi connectivity index (χ2n) is 3.72. The molecule has 6 nitrogen and oxygen atoms in total. The lowest BCUT2D eigenvalue weighted by Gasteiger charge is -2.10. The van der Waals surface area contributed by atoms with Gasteiger partial charge in [-0.1, -0.05) is 5.21 Å². The van der Waals surface area contributed by atoms with Gasteiger partial charge in [0, 0.05) is 12.5 Å². The highest BCUT2D eigenvalue weighted by molar-refractivity contribution is 5.48. The number of nitrogens with zero attached hydrogens (tertiary/aromatic N) is 3. The van der Waals surface area contributed by atoms with Gasteiger partial charge in [0.1, 0.15) is 0 Å². The van der Waals surface area contributed by atoms with Crippen LogP contribution in [0.2, 0.25) is 0 Å². The second kappa shape index (κ2) is 5.50. The summed E-state index contributed by atoms with van der Waals surface area (Å²) in [5.41, 5.74) is 7.39. The maximum absolute atomic E-state index is 5.55. The van der Waals surface area contributed by atoms with Gasteiger partial charge in [-0.15, -0.1) is 5.10 Å². The van der Waals surface area contributed by atoms with E-state index in [-0.39, 0.29) is 0 Å². The molecular formula is C12H16N4O2. The summed E-state index contributed by atoms with van der Waals surface area (Å²) in [4.78, 5) is 0. The van der Waals surface area contributed by atoms with Crippen molar-refractivity contribution in [3.05, 3.63) is 30.1 Å². The number of methoxy groups -OCH3 is 2. The summed E-state index contributed by atoms with van der Waals surface area (Å²) in [6.45, 7) is 0.556. The monoisotopic (exact) mass is 248 g/mol.